The largest absolute Gasteiger partial charge is 0.385 e. The number of H-pyrrole nitrogens is 1. The molecule has 2 aromatic rings. The van der Waals surface area contributed by atoms with Crippen molar-refractivity contribution in [2.24, 2.45) is 7.05 Å². The van der Waals surface area contributed by atoms with E-state index in [-0.39, 0.29) is 0 Å². The van der Waals surface area contributed by atoms with Gasteiger partial charge in [0.05, 0.1) is 16.4 Å². The number of aliphatic hydroxyl groups is 1. The maximum Gasteiger partial charge on any atom is 0.153 e. The van der Waals surface area contributed by atoms with Crippen LogP contribution in [0.25, 0.3) is 0 Å². The van der Waals surface area contributed by atoms with Crippen molar-refractivity contribution in [3.05, 3.63) is 28.6 Å². The molecular formula is C9H12ClN5O. The molecule has 2 rings (SSSR count). The number of halogens is 1. The lowest BCUT2D eigenvalue weighted by Gasteiger charge is -2.07. The summed E-state index contributed by atoms with van der Waals surface area (Å²) in [6.07, 6.45) is 0.954. The van der Waals surface area contributed by atoms with Crippen LogP contribution >= 0.6 is 11.6 Å². The molecular weight excluding hydrogens is 230 g/mol. The highest BCUT2D eigenvalue weighted by Gasteiger charge is 2.18. The van der Waals surface area contributed by atoms with Gasteiger partial charge in [0, 0.05) is 13.5 Å². The lowest BCUT2D eigenvalue weighted by Crippen LogP contribution is -2.08. The summed E-state index contributed by atoms with van der Waals surface area (Å²) in [5, 5.41) is 20.9. The first-order chi connectivity index (χ1) is 7.59. The van der Waals surface area contributed by atoms with E-state index < -0.39 is 6.10 Å². The number of aromatic amines is 1. The molecule has 0 bridgehead atoms. The minimum absolute atomic E-state index is 0.353. The fraction of sp³-hybridized carbons (Fsp3) is 0.444. The Labute approximate surface area is 97.3 Å². The number of nitrogens with one attached hydrogen (secondary N) is 1. The van der Waals surface area contributed by atoms with Crippen LogP contribution in [0.4, 0.5) is 0 Å². The molecule has 0 aliphatic heterocycles. The Hall–Kier alpha value is -1.40. The Morgan fingerprint density at radius 1 is 1.62 bits per heavy atom. The summed E-state index contributed by atoms with van der Waals surface area (Å²) in [5.41, 5.74) is 1.53. The van der Waals surface area contributed by atoms with Gasteiger partial charge in [-0.2, -0.15) is 10.2 Å². The second-order valence-corrected chi connectivity index (χ2v) is 3.94. The summed E-state index contributed by atoms with van der Waals surface area (Å²) in [5.74, 6) is 0.426. The number of aryl methyl sites for hydroxylation is 2. The monoisotopic (exact) mass is 241 g/mol. The first-order valence-electron chi connectivity index (χ1n) is 4.81. The summed E-state index contributed by atoms with van der Waals surface area (Å²) in [7, 11) is 1.79. The molecule has 0 fully saturated rings. The first-order valence-corrected chi connectivity index (χ1v) is 5.18. The number of aromatic nitrogens is 5. The zero-order valence-corrected chi connectivity index (χ0v) is 9.73. The fourth-order valence-electron chi connectivity index (χ4n) is 1.56. The second-order valence-electron chi connectivity index (χ2n) is 3.56. The quantitative estimate of drug-likeness (QED) is 0.832. The Kier molecular flexibility index (Phi) is 2.93. The number of nitrogens with zero attached hydrogens (tertiary/aromatic N) is 4. The molecule has 6 nitrogen and oxygen atoms in total. The third-order valence-corrected chi connectivity index (χ3v) is 2.89. The Morgan fingerprint density at radius 3 is 2.88 bits per heavy atom. The highest BCUT2D eigenvalue weighted by atomic mass is 35.5. The van der Waals surface area contributed by atoms with Gasteiger partial charge in [0.1, 0.15) is 12.4 Å². The third-order valence-electron chi connectivity index (χ3n) is 2.40. The van der Waals surface area contributed by atoms with Gasteiger partial charge in [-0.05, 0) is 6.92 Å². The highest BCUT2D eigenvalue weighted by molar-refractivity contribution is 6.31. The van der Waals surface area contributed by atoms with Gasteiger partial charge in [0.25, 0.3) is 0 Å². The van der Waals surface area contributed by atoms with E-state index in [1.54, 1.807) is 11.7 Å². The standard InChI is InChI=1S/C9H12ClN5O/c1-5-8(10)6(15(2)14-5)3-7(16)9-11-4-12-13-9/h4,7,16H,3H2,1-2H3,(H,11,12,13). The van der Waals surface area contributed by atoms with Crippen LogP contribution in [-0.4, -0.2) is 30.1 Å². The van der Waals surface area contributed by atoms with Crippen LogP contribution in [0.1, 0.15) is 23.3 Å². The molecule has 0 saturated heterocycles. The molecule has 0 aromatic carbocycles. The van der Waals surface area contributed by atoms with Crippen LogP contribution in [0.3, 0.4) is 0 Å². The molecule has 7 heteroatoms. The topological polar surface area (TPSA) is 79.6 Å². The molecule has 16 heavy (non-hydrogen) atoms. The van der Waals surface area contributed by atoms with E-state index in [0.29, 0.717) is 17.3 Å². The fourth-order valence-corrected chi connectivity index (χ4v) is 1.79. The second kappa shape index (κ2) is 4.23. The minimum Gasteiger partial charge on any atom is -0.385 e. The van der Waals surface area contributed by atoms with Gasteiger partial charge in [-0.25, -0.2) is 4.98 Å². The van der Waals surface area contributed by atoms with Gasteiger partial charge in [0.15, 0.2) is 5.82 Å². The molecule has 0 saturated carbocycles. The van der Waals surface area contributed by atoms with Crippen molar-refractivity contribution in [2.45, 2.75) is 19.4 Å². The van der Waals surface area contributed by atoms with Gasteiger partial charge in [-0.1, -0.05) is 11.6 Å². The number of hydrogen-bond donors (Lipinski definition) is 2. The van der Waals surface area contributed by atoms with Gasteiger partial charge in [0.2, 0.25) is 0 Å². The maximum absolute atomic E-state index is 9.89. The van der Waals surface area contributed by atoms with E-state index >= 15 is 0 Å². The average molecular weight is 242 g/mol. The summed E-state index contributed by atoms with van der Waals surface area (Å²) in [6, 6.07) is 0. The maximum atomic E-state index is 9.89. The normalized spacial score (nSPS) is 13.0. The lowest BCUT2D eigenvalue weighted by atomic mass is 10.2. The Bertz CT molecular complexity index is 478. The van der Waals surface area contributed by atoms with Crippen molar-refractivity contribution in [2.75, 3.05) is 0 Å². The van der Waals surface area contributed by atoms with E-state index in [2.05, 4.69) is 20.3 Å². The van der Waals surface area contributed by atoms with E-state index in [1.807, 2.05) is 6.92 Å². The van der Waals surface area contributed by atoms with Crippen molar-refractivity contribution < 1.29 is 5.11 Å². The molecule has 0 radical (unpaired) electrons. The predicted octanol–water partition coefficient (Wildman–Crippen LogP) is 0.776. The van der Waals surface area contributed by atoms with E-state index in [1.165, 1.54) is 6.33 Å². The van der Waals surface area contributed by atoms with E-state index in [4.69, 9.17) is 11.6 Å². The smallest absolute Gasteiger partial charge is 0.153 e. The number of rotatable bonds is 3. The molecule has 2 N–H and O–H groups in total. The summed E-state index contributed by atoms with van der Waals surface area (Å²) in [4.78, 5) is 3.89. The molecule has 0 aliphatic carbocycles. The lowest BCUT2D eigenvalue weighted by molar-refractivity contribution is 0.166. The van der Waals surface area contributed by atoms with Crippen LogP contribution in [-0.2, 0) is 13.5 Å². The van der Waals surface area contributed by atoms with Crippen molar-refractivity contribution in [3.8, 4) is 0 Å². The number of hydrogen-bond acceptors (Lipinski definition) is 4. The minimum atomic E-state index is -0.755. The predicted molar refractivity (Wildman–Crippen MR) is 58.0 cm³/mol. The molecule has 86 valence electrons. The van der Waals surface area contributed by atoms with Crippen LogP contribution in [0.2, 0.25) is 5.02 Å². The van der Waals surface area contributed by atoms with Crippen LogP contribution in [0, 0.1) is 6.92 Å². The average Bonchev–Trinajstić information content (AvgIpc) is 2.83. The molecule has 1 unspecified atom stereocenters. The Balaban J connectivity index is 2.21. The first kappa shape index (κ1) is 11.1. The van der Waals surface area contributed by atoms with Crippen molar-refractivity contribution in [3.63, 3.8) is 0 Å². The van der Waals surface area contributed by atoms with Crippen molar-refractivity contribution >= 4 is 11.6 Å². The molecule has 2 heterocycles. The van der Waals surface area contributed by atoms with Crippen LogP contribution in [0.15, 0.2) is 6.33 Å². The highest BCUT2D eigenvalue weighted by Crippen LogP contribution is 2.23. The summed E-state index contributed by atoms with van der Waals surface area (Å²) < 4.78 is 1.66. The zero-order valence-electron chi connectivity index (χ0n) is 8.98. The van der Waals surface area contributed by atoms with Crippen LogP contribution < -0.4 is 0 Å². The third kappa shape index (κ3) is 1.94. The molecule has 0 spiro atoms. The summed E-state index contributed by atoms with van der Waals surface area (Å²) >= 11 is 6.08. The summed E-state index contributed by atoms with van der Waals surface area (Å²) in [6.45, 7) is 1.83. The van der Waals surface area contributed by atoms with Gasteiger partial charge in [-0.15, -0.1) is 0 Å². The van der Waals surface area contributed by atoms with Crippen molar-refractivity contribution in [1.29, 1.82) is 0 Å². The molecule has 0 aliphatic rings. The van der Waals surface area contributed by atoms with Crippen LogP contribution in [0.5, 0.6) is 0 Å². The van der Waals surface area contributed by atoms with Crippen molar-refractivity contribution in [1.82, 2.24) is 25.0 Å². The van der Waals surface area contributed by atoms with Gasteiger partial charge in [-0.3, -0.25) is 9.78 Å². The molecule has 0 amide bonds. The van der Waals surface area contributed by atoms with E-state index in [9.17, 15) is 5.11 Å². The van der Waals surface area contributed by atoms with E-state index in [0.717, 1.165) is 11.4 Å². The Morgan fingerprint density at radius 2 is 2.38 bits per heavy atom. The van der Waals surface area contributed by atoms with Gasteiger partial charge < -0.3 is 5.11 Å². The zero-order chi connectivity index (χ0) is 11.7. The van der Waals surface area contributed by atoms with Gasteiger partial charge >= 0.3 is 0 Å². The SMILES string of the molecule is Cc1nn(C)c(CC(O)c2ncn[nH]2)c1Cl. The number of aliphatic hydroxyl groups excluding tert-OH is 1. The molecule has 1 atom stereocenters. The molecule has 2 aromatic heterocycles.